The van der Waals surface area contributed by atoms with Crippen molar-refractivity contribution in [3.63, 3.8) is 0 Å². The zero-order chi connectivity index (χ0) is 15.6. The first-order chi connectivity index (χ1) is 11.3. The third kappa shape index (κ3) is 3.29. The number of aromatic nitrogens is 5. The molecule has 0 unspecified atom stereocenters. The maximum absolute atomic E-state index is 4.72. The summed E-state index contributed by atoms with van der Waals surface area (Å²) < 4.78 is 0.906. The predicted molar refractivity (Wildman–Crippen MR) is 90.7 cm³/mol. The summed E-state index contributed by atoms with van der Waals surface area (Å²) in [6.45, 7) is 2.67. The minimum atomic E-state index is 0.684. The van der Waals surface area contributed by atoms with Crippen LogP contribution in [0.4, 0.5) is 0 Å². The molecule has 6 nitrogen and oxygen atoms in total. The lowest BCUT2D eigenvalue weighted by molar-refractivity contribution is 0.241. The highest BCUT2D eigenvalue weighted by Crippen LogP contribution is 2.23. The average Bonchev–Trinajstić information content (AvgIpc) is 3.00. The van der Waals surface area contributed by atoms with Crippen molar-refractivity contribution in [3.8, 4) is 11.4 Å². The van der Waals surface area contributed by atoms with Gasteiger partial charge in [0.25, 0.3) is 0 Å². The van der Waals surface area contributed by atoms with Crippen LogP contribution in [-0.4, -0.2) is 36.4 Å². The van der Waals surface area contributed by atoms with Crippen molar-refractivity contribution in [2.24, 2.45) is 0 Å². The van der Waals surface area contributed by atoms with Crippen LogP contribution < -0.4 is 0 Å². The molecule has 4 heterocycles. The fraction of sp³-hybridized carbons (Fsp3) is 0.267. The molecule has 8 heteroatoms. The lowest BCUT2D eigenvalue weighted by Gasteiger charge is -2.27. The normalized spacial score (nSPS) is 14.7. The second-order valence-corrected chi connectivity index (χ2v) is 7.07. The summed E-state index contributed by atoms with van der Waals surface area (Å²) in [7, 11) is 0. The fourth-order valence-electron chi connectivity index (χ4n) is 2.60. The Labute approximate surface area is 145 Å². The van der Waals surface area contributed by atoms with Crippen molar-refractivity contribution in [1.82, 2.24) is 29.8 Å². The molecule has 0 aliphatic carbocycles. The van der Waals surface area contributed by atoms with Crippen molar-refractivity contribution in [3.05, 3.63) is 51.2 Å². The Hall–Kier alpha value is -1.77. The highest BCUT2D eigenvalue weighted by atomic mass is 79.9. The van der Waals surface area contributed by atoms with E-state index in [4.69, 9.17) is 4.98 Å². The van der Waals surface area contributed by atoms with Crippen molar-refractivity contribution < 1.29 is 0 Å². The molecule has 116 valence electrons. The Balaban J connectivity index is 1.56. The first-order valence-corrected chi connectivity index (χ1v) is 8.87. The summed E-state index contributed by atoms with van der Waals surface area (Å²) in [5.74, 6) is 0.684. The van der Waals surface area contributed by atoms with Gasteiger partial charge in [-0.2, -0.15) is 0 Å². The molecule has 0 spiro atoms. The first-order valence-electron chi connectivity index (χ1n) is 7.20. The second-order valence-electron chi connectivity index (χ2n) is 5.32. The highest BCUT2D eigenvalue weighted by molar-refractivity contribution is 9.10. The monoisotopic (exact) mass is 388 g/mol. The van der Waals surface area contributed by atoms with Gasteiger partial charge in [-0.25, -0.2) is 24.9 Å². The van der Waals surface area contributed by atoms with Gasteiger partial charge in [-0.1, -0.05) is 0 Å². The summed E-state index contributed by atoms with van der Waals surface area (Å²) in [4.78, 5) is 24.1. The Morgan fingerprint density at radius 1 is 1.17 bits per heavy atom. The van der Waals surface area contributed by atoms with E-state index in [0.29, 0.717) is 5.82 Å². The minimum Gasteiger partial charge on any atom is -0.290 e. The highest BCUT2D eigenvalue weighted by Gasteiger charge is 2.20. The Morgan fingerprint density at radius 2 is 2.04 bits per heavy atom. The van der Waals surface area contributed by atoms with Gasteiger partial charge < -0.3 is 0 Å². The van der Waals surface area contributed by atoms with Gasteiger partial charge in [0.1, 0.15) is 15.9 Å². The summed E-state index contributed by atoms with van der Waals surface area (Å²) >= 11 is 5.08. The molecule has 0 saturated carbocycles. The lowest BCUT2D eigenvalue weighted by atomic mass is 10.1. The van der Waals surface area contributed by atoms with E-state index in [1.54, 1.807) is 23.7 Å². The molecule has 0 aromatic carbocycles. The molecule has 0 atom stereocenters. The summed E-state index contributed by atoms with van der Waals surface area (Å²) in [5, 5.41) is 3.13. The zero-order valence-electron chi connectivity index (χ0n) is 12.2. The van der Waals surface area contributed by atoms with Gasteiger partial charge in [0.15, 0.2) is 5.82 Å². The fourth-order valence-corrected chi connectivity index (χ4v) is 3.90. The van der Waals surface area contributed by atoms with Gasteiger partial charge in [0.2, 0.25) is 0 Å². The Bertz CT molecular complexity index is 822. The van der Waals surface area contributed by atoms with E-state index in [-0.39, 0.29) is 0 Å². The molecular formula is C15H13BrN6S. The first kappa shape index (κ1) is 14.8. The van der Waals surface area contributed by atoms with Gasteiger partial charge in [-0.3, -0.25) is 4.90 Å². The minimum absolute atomic E-state index is 0.684. The molecule has 1 aliphatic heterocycles. The Kier molecular flexibility index (Phi) is 4.11. The molecule has 3 aromatic heterocycles. The topological polar surface area (TPSA) is 67.7 Å². The summed E-state index contributed by atoms with van der Waals surface area (Å²) in [6.07, 6.45) is 7.88. The average molecular weight is 389 g/mol. The van der Waals surface area contributed by atoms with Crippen LogP contribution in [0.15, 0.2) is 34.9 Å². The van der Waals surface area contributed by atoms with Gasteiger partial charge in [-0.15, -0.1) is 11.3 Å². The zero-order valence-corrected chi connectivity index (χ0v) is 14.6. The lowest BCUT2D eigenvalue weighted by Crippen LogP contribution is -2.31. The molecule has 0 N–H and O–H groups in total. The van der Waals surface area contributed by atoms with Crippen LogP contribution >= 0.6 is 27.3 Å². The maximum atomic E-state index is 4.72. The Morgan fingerprint density at radius 3 is 2.83 bits per heavy atom. The molecule has 4 rings (SSSR count). The number of halogens is 1. The smallest absolute Gasteiger partial charge is 0.162 e. The van der Waals surface area contributed by atoms with Crippen molar-refractivity contribution in [2.45, 2.75) is 19.5 Å². The SMILES string of the molecule is Brc1csc(CN2CCc3cnc(-c4cncnc4)nc3C2)n1. The van der Waals surface area contributed by atoms with E-state index in [2.05, 4.69) is 40.8 Å². The standard InChI is InChI=1S/C15H13BrN6S/c16-13-8-23-14(21-13)7-22-2-1-10-5-19-15(20-12(10)6-22)11-3-17-9-18-4-11/h3-5,8-9H,1-2,6-7H2. The van der Waals surface area contributed by atoms with Crippen LogP contribution in [0.3, 0.4) is 0 Å². The number of hydrogen-bond donors (Lipinski definition) is 0. The molecular weight excluding hydrogens is 376 g/mol. The van der Waals surface area contributed by atoms with Gasteiger partial charge in [0.05, 0.1) is 17.8 Å². The van der Waals surface area contributed by atoms with Crippen LogP contribution in [-0.2, 0) is 19.5 Å². The molecule has 3 aromatic rings. The third-order valence-electron chi connectivity index (χ3n) is 3.73. The van der Waals surface area contributed by atoms with Crippen LogP contribution in [0.25, 0.3) is 11.4 Å². The van der Waals surface area contributed by atoms with Crippen molar-refractivity contribution >= 4 is 27.3 Å². The quantitative estimate of drug-likeness (QED) is 0.686. The van der Waals surface area contributed by atoms with Crippen LogP contribution in [0.5, 0.6) is 0 Å². The maximum Gasteiger partial charge on any atom is 0.162 e. The number of hydrogen-bond acceptors (Lipinski definition) is 7. The molecule has 0 saturated heterocycles. The molecule has 0 fully saturated rings. The second kappa shape index (κ2) is 6.38. The van der Waals surface area contributed by atoms with E-state index in [1.165, 1.54) is 11.9 Å². The van der Waals surface area contributed by atoms with Crippen molar-refractivity contribution in [2.75, 3.05) is 6.54 Å². The third-order valence-corrected chi connectivity index (χ3v) is 5.27. The molecule has 0 amide bonds. The molecule has 0 bridgehead atoms. The van der Waals surface area contributed by atoms with E-state index < -0.39 is 0 Å². The number of thiazole rings is 1. The molecule has 23 heavy (non-hydrogen) atoms. The summed E-state index contributed by atoms with van der Waals surface area (Å²) in [5.41, 5.74) is 3.15. The van der Waals surface area contributed by atoms with Crippen molar-refractivity contribution in [1.29, 1.82) is 0 Å². The van der Waals surface area contributed by atoms with Crippen LogP contribution in [0.2, 0.25) is 0 Å². The van der Waals surface area contributed by atoms with Gasteiger partial charge >= 0.3 is 0 Å². The van der Waals surface area contributed by atoms with E-state index in [0.717, 1.165) is 46.9 Å². The largest absolute Gasteiger partial charge is 0.290 e. The molecule has 1 aliphatic rings. The summed E-state index contributed by atoms with van der Waals surface area (Å²) in [6, 6.07) is 0. The molecule has 0 radical (unpaired) electrons. The van der Waals surface area contributed by atoms with Crippen LogP contribution in [0, 0.1) is 0 Å². The van der Waals surface area contributed by atoms with E-state index in [9.17, 15) is 0 Å². The number of fused-ring (bicyclic) bond motifs is 1. The van der Waals surface area contributed by atoms with Crippen LogP contribution in [0.1, 0.15) is 16.3 Å². The van der Waals surface area contributed by atoms with E-state index >= 15 is 0 Å². The van der Waals surface area contributed by atoms with Gasteiger partial charge in [-0.05, 0) is 27.9 Å². The van der Waals surface area contributed by atoms with Gasteiger partial charge in [0, 0.05) is 37.1 Å². The number of rotatable bonds is 3. The number of nitrogens with zero attached hydrogens (tertiary/aromatic N) is 6. The van der Waals surface area contributed by atoms with E-state index in [1.807, 2.05) is 11.6 Å². The predicted octanol–water partition coefficient (Wildman–Crippen LogP) is 2.71.